The maximum absolute atomic E-state index is 14.3. The first-order valence-electron chi connectivity index (χ1n) is 24.1. The summed E-state index contributed by atoms with van der Waals surface area (Å²) in [6, 6.07) is 33.3. The number of ether oxygens (including phenoxy) is 1. The lowest BCUT2D eigenvalue weighted by Gasteiger charge is -2.53. The third kappa shape index (κ3) is 14.3. The van der Waals surface area contributed by atoms with Crippen LogP contribution in [0.25, 0.3) is 0 Å². The molecular formula is C56H67Cl4F3N2O5S2. The van der Waals surface area contributed by atoms with Gasteiger partial charge in [-0.25, -0.2) is 8.42 Å². The number of hydrogen-bond donors (Lipinski definition) is 0. The zero-order chi connectivity index (χ0) is 53.5. The second-order valence-corrected chi connectivity index (χ2v) is 25.2. The van der Waals surface area contributed by atoms with E-state index in [1.165, 1.54) is 16.7 Å². The van der Waals surface area contributed by atoms with Crippen LogP contribution in [0, 0.1) is 22.7 Å². The number of amides is 1. The van der Waals surface area contributed by atoms with Crippen molar-refractivity contribution < 1.29 is 40.2 Å². The fraction of sp³-hybridized carbons (Fsp3) is 0.464. The van der Waals surface area contributed by atoms with Crippen molar-refractivity contribution >= 4 is 80.1 Å². The average Bonchev–Trinajstić information content (AvgIpc) is 3.75. The van der Waals surface area contributed by atoms with Crippen molar-refractivity contribution in [1.82, 2.24) is 4.90 Å². The average molecular weight is 1110 g/mol. The molecule has 7 rings (SSSR count). The lowest BCUT2D eigenvalue weighted by Crippen LogP contribution is -2.57. The predicted molar refractivity (Wildman–Crippen MR) is 291 cm³/mol. The minimum absolute atomic E-state index is 0.0959. The highest BCUT2D eigenvalue weighted by molar-refractivity contribution is 7.99. The Morgan fingerprint density at radius 3 is 1.68 bits per heavy atom. The molecule has 0 aromatic heterocycles. The van der Waals surface area contributed by atoms with Gasteiger partial charge in [-0.05, 0) is 109 Å². The summed E-state index contributed by atoms with van der Waals surface area (Å²) in [5, 5.41) is 3.45. The van der Waals surface area contributed by atoms with E-state index >= 15 is 0 Å². The normalized spacial score (nSPS) is 24.7. The maximum atomic E-state index is 14.3. The van der Waals surface area contributed by atoms with Gasteiger partial charge in [0.15, 0.2) is 28.8 Å². The van der Waals surface area contributed by atoms with E-state index in [-0.39, 0.29) is 41.3 Å². The van der Waals surface area contributed by atoms with Gasteiger partial charge in [0.25, 0.3) is 0 Å². The molecule has 72 heavy (non-hydrogen) atoms. The van der Waals surface area contributed by atoms with Gasteiger partial charge in [0.1, 0.15) is 0 Å². The molecule has 8 atom stereocenters. The lowest BCUT2D eigenvalue weighted by atomic mass is 9.67. The number of hydrogen-bond acceptors (Lipinski definition) is 6. The highest BCUT2D eigenvalue weighted by Crippen LogP contribution is 2.54. The monoisotopic (exact) mass is 1110 g/mol. The predicted octanol–water partition coefficient (Wildman–Crippen LogP) is 16.1. The summed E-state index contributed by atoms with van der Waals surface area (Å²) < 4.78 is 67.9. The molecule has 0 spiro atoms. The Kier molecular flexibility index (Phi) is 20.5. The van der Waals surface area contributed by atoms with Gasteiger partial charge in [0.2, 0.25) is 5.91 Å². The summed E-state index contributed by atoms with van der Waals surface area (Å²) in [6.45, 7) is 26.6. The van der Waals surface area contributed by atoms with Crippen molar-refractivity contribution in [1.29, 1.82) is 0 Å². The number of benzene rings is 4. The first kappa shape index (κ1) is 59.4. The van der Waals surface area contributed by atoms with Crippen LogP contribution in [0.1, 0.15) is 127 Å². The van der Waals surface area contributed by atoms with Crippen molar-refractivity contribution in [3.05, 3.63) is 165 Å². The van der Waals surface area contributed by atoms with E-state index in [0.717, 1.165) is 58.2 Å². The van der Waals surface area contributed by atoms with Gasteiger partial charge in [-0.15, -0.1) is 13.2 Å². The van der Waals surface area contributed by atoms with Gasteiger partial charge in [-0.1, -0.05) is 156 Å². The highest BCUT2D eigenvalue weighted by Gasteiger charge is 2.58. The fourth-order valence-corrected chi connectivity index (χ4v) is 12.2. The van der Waals surface area contributed by atoms with E-state index < -0.39 is 21.0 Å². The summed E-state index contributed by atoms with van der Waals surface area (Å²) >= 11 is 27.3. The molecule has 16 heteroatoms. The van der Waals surface area contributed by atoms with Gasteiger partial charge in [0.05, 0.1) is 22.8 Å². The second-order valence-electron chi connectivity index (χ2n) is 20.5. The van der Waals surface area contributed by atoms with E-state index in [9.17, 15) is 18.0 Å². The molecule has 0 unspecified atom stereocenters. The van der Waals surface area contributed by atoms with Crippen molar-refractivity contribution in [3.8, 4) is 0 Å². The van der Waals surface area contributed by atoms with Crippen LogP contribution < -0.4 is 0 Å². The molecule has 0 radical (unpaired) electrons. The first-order chi connectivity index (χ1) is 33.7. The molecule has 0 saturated carbocycles. The fourth-order valence-electron chi connectivity index (χ4n) is 10.4. The summed E-state index contributed by atoms with van der Waals surface area (Å²) in [5.74, 6) is 3.40. The quantitative estimate of drug-likeness (QED) is 0.0541. The molecule has 1 fully saturated rings. The molecule has 3 aliphatic rings. The van der Waals surface area contributed by atoms with Crippen LogP contribution in [-0.2, 0) is 19.6 Å². The second kappa shape index (κ2) is 24.9. The van der Waals surface area contributed by atoms with Gasteiger partial charge in [-0.2, -0.15) is 29.5 Å². The number of likely N-dealkylation sites (tertiary alicyclic amines) is 1. The van der Waals surface area contributed by atoms with Crippen molar-refractivity contribution in [3.63, 3.8) is 0 Å². The molecule has 4 aromatic rings. The molecule has 0 aliphatic carbocycles. The highest BCUT2D eigenvalue weighted by atomic mass is 35.5. The van der Waals surface area contributed by atoms with Crippen LogP contribution in [0.2, 0.25) is 20.1 Å². The Bertz CT molecular complexity index is 2650. The Morgan fingerprint density at radius 1 is 0.764 bits per heavy atom. The standard InChI is InChI=1S/C29H37Cl2NOS.C26H30Cl2NO.CHF3O3S/c1-7-15-29(6)17-25(22-9-8-10-24(31)16-22)27(21-11-13-23(30)14-12-21)32(28(29)33)26(19(2)3)18-34-20(4)5;1-5-13-26(4)15-22(19-7-6-8-21(28)14-19)24(18-9-11-20(27)12-10-18)29-23(17(2)3)16-30-25(26)29;2-1(3,4)8(5,6)7/h7-14,16,19-20,25-27H,1,15,17-18H2,2-6H3;5-12,14,17,22-24H,1,13,15-16H2,2-4H3;(H,5,6,7)/q;+1;/p-1/t25-,26-,27-,29+;22-,23-,24-,26+;/m11./s1. The molecular weight excluding hydrogens is 1040 g/mol. The number of nitrogens with zero attached hydrogens (tertiary/aromatic N) is 2. The molecule has 3 aliphatic heterocycles. The molecule has 0 bridgehead atoms. The Balaban J connectivity index is 0.000000233. The minimum Gasteiger partial charge on any atom is -0.741 e. The Morgan fingerprint density at radius 2 is 1.24 bits per heavy atom. The zero-order valence-electron chi connectivity index (χ0n) is 42.1. The van der Waals surface area contributed by atoms with Crippen molar-refractivity contribution in [2.45, 2.75) is 128 Å². The minimum atomic E-state index is -6.09. The van der Waals surface area contributed by atoms with Crippen LogP contribution in [0.3, 0.4) is 0 Å². The van der Waals surface area contributed by atoms with E-state index in [0.29, 0.717) is 34.6 Å². The van der Waals surface area contributed by atoms with Crippen molar-refractivity contribution in [2.75, 3.05) is 12.4 Å². The summed E-state index contributed by atoms with van der Waals surface area (Å²) in [5.41, 5.74) is -1.45. The van der Waals surface area contributed by atoms with Gasteiger partial charge in [0, 0.05) is 49.3 Å². The van der Waals surface area contributed by atoms with Crippen LogP contribution in [-0.4, -0.2) is 69.5 Å². The van der Waals surface area contributed by atoms with E-state index in [4.69, 9.17) is 64.1 Å². The molecule has 7 nitrogen and oxygen atoms in total. The number of carbonyl (C=O) groups is 1. The van der Waals surface area contributed by atoms with Crippen LogP contribution in [0.4, 0.5) is 13.2 Å². The van der Waals surface area contributed by atoms with Gasteiger partial charge in [-0.3, -0.25) is 4.79 Å². The Hall–Kier alpha value is -3.49. The smallest absolute Gasteiger partial charge is 0.485 e. The number of allylic oxidation sites excluding steroid dienone is 2. The molecule has 392 valence electrons. The number of halogens is 7. The third-order valence-corrected chi connectivity index (χ3v) is 16.6. The number of carbonyl (C=O) groups excluding carboxylic acids is 1. The van der Waals surface area contributed by atoms with Gasteiger partial charge >= 0.3 is 11.4 Å². The maximum Gasteiger partial charge on any atom is 0.485 e. The molecule has 1 saturated heterocycles. The third-order valence-electron chi connectivity index (χ3n) is 13.9. The molecule has 4 aromatic carbocycles. The van der Waals surface area contributed by atoms with Gasteiger partial charge < -0.3 is 14.2 Å². The molecule has 1 amide bonds. The number of thioether (sulfide) groups is 1. The van der Waals surface area contributed by atoms with E-state index in [2.05, 4.69) is 133 Å². The summed E-state index contributed by atoms with van der Waals surface area (Å²) in [4.78, 5) is 16.5. The summed E-state index contributed by atoms with van der Waals surface area (Å²) in [7, 11) is -6.09. The largest absolute Gasteiger partial charge is 0.741 e. The molecule has 0 N–H and O–H groups in total. The topological polar surface area (TPSA) is 89.8 Å². The van der Waals surface area contributed by atoms with E-state index in [1.807, 2.05) is 66.4 Å². The zero-order valence-corrected chi connectivity index (χ0v) is 46.8. The van der Waals surface area contributed by atoms with Crippen LogP contribution in [0.15, 0.2) is 122 Å². The van der Waals surface area contributed by atoms with Crippen molar-refractivity contribution in [2.24, 2.45) is 22.7 Å². The van der Waals surface area contributed by atoms with E-state index in [1.54, 1.807) is 0 Å². The summed E-state index contributed by atoms with van der Waals surface area (Å²) in [6.07, 6.45) is 7.16. The lowest BCUT2D eigenvalue weighted by molar-refractivity contribution is -0.616. The first-order valence-corrected chi connectivity index (χ1v) is 28.1. The number of piperidine rings is 1. The SMILES string of the molecule is C=CC[C@@]1(C)C[C@H](c2cccc(Cl)c2)[C@@H](c2ccc(Cl)cc2)N([C@H](CSC(C)C)C(C)C)C1=O.C=CC[C@@]1(C)C[C@H](c2cccc(Cl)c2)[C@@H](c2ccc(Cl)cc2)[N+]2=C1OC[C@@H]2C(C)C.O=S(=O)([O-])C(F)(F)F. The van der Waals surface area contributed by atoms with Crippen LogP contribution in [0.5, 0.6) is 0 Å². The number of alkyl halides is 3. The van der Waals surface area contributed by atoms with Crippen LogP contribution >= 0.6 is 58.2 Å². The Labute approximate surface area is 449 Å². The molecule has 3 heterocycles. The number of rotatable bonds is 14.